The standard InChI is InChI=1S/C17H23N5S.C12H10F3N3O3S2.C6H14N2.CH3NO/c1-3-4-11-9-14(22-7-5-12(20-2)6-8-22)21-17-15(11)16(19)13(10-18)23-17;1-2-3-8-6-10(21-23(19,20)12(13,14)15)18-11(9(8)7-17)22-5-4-16;1-7-6-2-4-8-5-3-6;2-1-3/h9,12,20H,3-8,19H2,1-2H3;6H,2-3,5H2,1H3;6-8H,2-5H2,1H3;1H,(H2,2,3). The van der Waals surface area contributed by atoms with E-state index >= 15 is 0 Å². The van der Waals surface area contributed by atoms with Crippen LogP contribution in [0.5, 0.6) is 5.88 Å². The Morgan fingerprint density at radius 1 is 1.02 bits per heavy atom. The van der Waals surface area contributed by atoms with E-state index in [9.17, 15) is 26.9 Å². The van der Waals surface area contributed by atoms with Crippen LogP contribution in [0.4, 0.5) is 24.7 Å². The topological polar surface area (TPSA) is 249 Å². The minimum absolute atomic E-state index is 0.0487. The Balaban J connectivity index is 0.000000312. The van der Waals surface area contributed by atoms with Crippen LogP contribution in [-0.4, -0.2) is 88.4 Å². The van der Waals surface area contributed by atoms with Crippen LogP contribution in [0.3, 0.4) is 0 Å². The van der Waals surface area contributed by atoms with Gasteiger partial charge in [-0.2, -0.15) is 37.4 Å². The average molecular weight is 854 g/mol. The Morgan fingerprint density at radius 2 is 1.60 bits per heavy atom. The first-order valence-electron chi connectivity index (χ1n) is 18.2. The van der Waals surface area contributed by atoms with Crippen molar-refractivity contribution in [2.24, 2.45) is 5.73 Å². The molecule has 21 heteroatoms. The van der Waals surface area contributed by atoms with Crippen molar-refractivity contribution in [2.75, 3.05) is 56.7 Å². The third-order valence-corrected chi connectivity index (χ3v) is 11.6. The third kappa shape index (κ3) is 14.5. The van der Waals surface area contributed by atoms with Crippen molar-refractivity contribution in [1.82, 2.24) is 25.9 Å². The number of pyridine rings is 2. The molecule has 0 atom stereocenters. The Labute approximate surface area is 340 Å². The average Bonchev–Trinajstić information content (AvgIpc) is 3.53. The number of aromatic nitrogens is 2. The highest BCUT2D eigenvalue weighted by atomic mass is 32.2. The molecule has 3 aromatic rings. The molecule has 7 N–H and O–H groups in total. The fourth-order valence-corrected chi connectivity index (χ4v) is 7.96. The highest BCUT2D eigenvalue weighted by Crippen LogP contribution is 2.37. The number of thioether (sulfide) groups is 1. The number of alkyl halides is 3. The summed E-state index contributed by atoms with van der Waals surface area (Å²) in [5.41, 5.74) is 6.96. The van der Waals surface area contributed by atoms with Gasteiger partial charge in [0, 0.05) is 36.6 Å². The van der Waals surface area contributed by atoms with Gasteiger partial charge in [-0.3, -0.25) is 4.79 Å². The molecule has 0 spiro atoms. The molecule has 312 valence electrons. The number of carbonyl (C=O) groups is 1. The van der Waals surface area contributed by atoms with Crippen LogP contribution in [0, 0.1) is 34.0 Å². The molecule has 0 unspecified atom stereocenters. The molecule has 5 heterocycles. The van der Waals surface area contributed by atoms with Crippen molar-refractivity contribution in [2.45, 2.75) is 87.8 Å². The first kappa shape index (κ1) is 48.7. The first-order chi connectivity index (χ1) is 27.2. The second-order valence-electron chi connectivity index (χ2n) is 12.6. The second-order valence-corrected chi connectivity index (χ2v) is 16.1. The fourth-order valence-electron chi connectivity index (χ4n) is 5.94. The van der Waals surface area contributed by atoms with Crippen LogP contribution in [0.25, 0.3) is 10.2 Å². The van der Waals surface area contributed by atoms with Crippen LogP contribution >= 0.6 is 23.1 Å². The van der Waals surface area contributed by atoms with Gasteiger partial charge in [-0.25, -0.2) is 9.97 Å². The molecular weight excluding hydrogens is 804 g/mol. The summed E-state index contributed by atoms with van der Waals surface area (Å²) in [6.45, 7) is 8.34. The molecule has 15 nitrogen and oxygen atoms in total. The smallest absolute Gasteiger partial charge is 0.396 e. The van der Waals surface area contributed by atoms with Gasteiger partial charge in [0.2, 0.25) is 12.3 Å². The van der Waals surface area contributed by atoms with Crippen molar-refractivity contribution in [3.63, 3.8) is 0 Å². The zero-order valence-electron chi connectivity index (χ0n) is 32.4. The SMILES string of the molecule is CCCc1cc(N2CCC(NC)CC2)nc2sc(C#N)c(N)c12.CCCc1cc(OS(=O)(=O)C(F)(F)F)nc(SCC#N)c1C#N.CNC1CCNCC1.NC=O. The number of aryl methyl sites for hydroxylation is 2. The van der Waals surface area contributed by atoms with E-state index in [1.54, 1.807) is 13.0 Å². The van der Waals surface area contributed by atoms with E-state index in [-0.39, 0.29) is 22.8 Å². The van der Waals surface area contributed by atoms with Gasteiger partial charge in [-0.1, -0.05) is 38.5 Å². The minimum Gasteiger partial charge on any atom is -0.396 e. The molecule has 2 fully saturated rings. The fraction of sp³-hybridized carbons (Fsp3) is 0.556. The second kappa shape index (κ2) is 24.4. The van der Waals surface area contributed by atoms with Gasteiger partial charge >= 0.3 is 15.6 Å². The number of nitrogens with zero attached hydrogens (tertiary/aromatic N) is 6. The number of nitrogens with two attached hydrogens (primary N) is 2. The van der Waals surface area contributed by atoms with Crippen molar-refractivity contribution in [1.29, 1.82) is 15.8 Å². The summed E-state index contributed by atoms with van der Waals surface area (Å²) < 4.78 is 63.2. The monoisotopic (exact) mass is 853 g/mol. The molecule has 2 saturated heterocycles. The normalized spacial score (nSPS) is 14.6. The van der Waals surface area contributed by atoms with Crippen molar-refractivity contribution in [3.05, 3.63) is 33.7 Å². The maximum absolute atomic E-state index is 12.4. The van der Waals surface area contributed by atoms with Gasteiger partial charge in [0.1, 0.15) is 32.7 Å². The number of piperidine rings is 2. The molecule has 1 amide bonds. The number of nitriles is 3. The number of hydrogen-bond acceptors (Lipinski definition) is 16. The van der Waals surface area contributed by atoms with E-state index in [1.807, 2.05) is 20.2 Å². The Morgan fingerprint density at radius 3 is 2.09 bits per heavy atom. The number of rotatable bonds is 11. The number of primary amides is 1. The Hall–Kier alpha value is -4.43. The summed E-state index contributed by atoms with van der Waals surface area (Å²) in [6, 6.07) is 10.4. The summed E-state index contributed by atoms with van der Waals surface area (Å²) in [5, 5.41) is 37.8. The minimum atomic E-state index is -5.86. The lowest BCUT2D eigenvalue weighted by atomic mass is 10.0. The van der Waals surface area contributed by atoms with Gasteiger partial charge in [-0.05, 0) is 82.9 Å². The predicted molar refractivity (Wildman–Crippen MR) is 217 cm³/mol. The molecule has 2 aliphatic rings. The van der Waals surface area contributed by atoms with Gasteiger partial charge in [0.05, 0.1) is 23.1 Å². The van der Waals surface area contributed by atoms with Crippen molar-refractivity contribution < 1.29 is 30.6 Å². The number of halogens is 3. The lowest BCUT2D eigenvalue weighted by molar-refractivity contribution is -0.106. The molecule has 5 rings (SSSR count). The molecule has 2 aliphatic heterocycles. The Bertz CT molecular complexity index is 1980. The summed E-state index contributed by atoms with van der Waals surface area (Å²) in [4.78, 5) is 20.8. The van der Waals surface area contributed by atoms with Crippen LogP contribution < -0.4 is 36.5 Å². The molecular formula is C36H50F3N11O4S3. The number of amides is 1. The van der Waals surface area contributed by atoms with Crippen LogP contribution in [-0.2, 0) is 27.8 Å². The number of nitrogen functional groups attached to an aromatic ring is 1. The third-order valence-electron chi connectivity index (χ3n) is 8.79. The summed E-state index contributed by atoms with van der Waals surface area (Å²) in [5.74, 6) is 0.134. The largest absolute Gasteiger partial charge is 0.534 e. The molecule has 0 aliphatic carbocycles. The number of nitrogens with one attached hydrogen (secondary N) is 3. The highest BCUT2D eigenvalue weighted by Gasteiger charge is 2.49. The van der Waals surface area contributed by atoms with Crippen LogP contribution in [0.2, 0.25) is 0 Å². The molecule has 0 radical (unpaired) electrons. The molecule has 0 bridgehead atoms. The van der Waals surface area contributed by atoms with E-state index in [2.05, 4.69) is 54.8 Å². The molecule has 3 aromatic heterocycles. The Kier molecular flexibility index (Phi) is 20.8. The van der Waals surface area contributed by atoms with E-state index in [0.717, 1.165) is 78.7 Å². The first-order valence-corrected chi connectivity index (χ1v) is 21.4. The van der Waals surface area contributed by atoms with Gasteiger partial charge in [0.25, 0.3) is 0 Å². The maximum atomic E-state index is 12.4. The van der Waals surface area contributed by atoms with E-state index < -0.39 is 21.5 Å². The van der Waals surface area contributed by atoms with Gasteiger partial charge in [-0.15, -0.1) is 11.3 Å². The lowest BCUT2D eigenvalue weighted by Crippen LogP contribution is -2.41. The lowest BCUT2D eigenvalue weighted by Gasteiger charge is -2.32. The zero-order valence-corrected chi connectivity index (χ0v) is 34.9. The molecule has 0 saturated carbocycles. The van der Waals surface area contributed by atoms with E-state index in [0.29, 0.717) is 35.0 Å². The summed E-state index contributed by atoms with van der Waals surface area (Å²) >= 11 is 2.22. The number of carbonyl (C=O) groups excluding carboxylic acids is 1. The molecule has 57 heavy (non-hydrogen) atoms. The summed E-state index contributed by atoms with van der Waals surface area (Å²) in [7, 11) is -1.79. The van der Waals surface area contributed by atoms with Crippen LogP contribution in [0.15, 0.2) is 17.2 Å². The van der Waals surface area contributed by atoms with Crippen LogP contribution in [0.1, 0.15) is 73.9 Å². The molecule has 0 aromatic carbocycles. The van der Waals surface area contributed by atoms with Gasteiger partial charge in [0.15, 0.2) is 0 Å². The van der Waals surface area contributed by atoms with Gasteiger partial charge < -0.3 is 36.5 Å². The quantitative estimate of drug-likeness (QED) is 0.0759. The number of fused-ring (bicyclic) bond motifs is 1. The highest BCUT2D eigenvalue weighted by molar-refractivity contribution is 7.99. The number of thiophene rings is 1. The summed E-state index contributed by atoms with van der Waals surface area (Å²) in [6.07, 6.45) is 7.99. The predicted octanol–water partition coefficient (Wildman–Crippen LogP) is 4.70. The van der Waals surface area contributed by atoms with E-state index in [1.165, 1.54) is 42.8 Å². The number of hydrogen-bond donors (Lipinski definition) is 5. The van der Waals surface area contributed by atoms with E-state index in [4.69, 9.17) is 26.0 Å². The maximum Gasteiger partial charge on any atom is 0.534 e. The zero-order chi connectivity index (χ0) is 42.6. The van der Waals surface area contributed by atoms with Crippen molar-refractivity contribution in [3.8, 4) is 24.1 Å². The number of anilines is 2. The van der Waals surface area contributed by atoms with Crippen molar-refractivity contribution >= 4 is 61.3 Å².